The number of benzene rings is 1. The molecule has 0 N–H and O–H groups in total. The van der Waals surface area contributed by atoms with Crippen LogP contribution in [0.5, 0.6) is 5.75 Å². The Hall–Kier alpha value is 0.730. The first kappa shape index (κ1) is 27.8. The van der Waals surface area contributed by atoms with E-state index in [0.29, 0.717) is 11.3 Å². The third-order valence-corrected chi connectivity index (χ3v) is 10.3. The zero-order valence-electron chi connectivity index (χ0n) is 15.3. The van der Waals surface area contributed by atoms with Crippen LogP contribution in [0.1, 0.15) is 5.56 Å². The van der Waals surface area contributed by atoms with E-state index in [1.54, 1.807) is 6.92 Å². The maximum Gasteiger partial charge on any atom is 0.380 e. The summed E-state index contributed by atoms with van der Waals surface area (Å²) >= 11 is 40.3. The molecule has 1 fully saturated rings. The van der Waals surface area contributed by atoms with Crippen LogP contribution in [-0.4, -0.2) is 51.4 Å². The Morgan fingerprint density at radius 2 is 1.31 bits per heavy atom. The third-order valence-electron chi connectivity index (χ3n) is 3.85. The van der Waals surface area contributed by atoms with Gasteiger partial charge in [-0.05, 0) is 19.1 Å². The minimum Gasteiger partial charge on any atom is -0.424 e. The summed E-state index contributed by atoms with van der Waals surface area (Å²) < 4.78 is 15.3. The topological polar surface area (TPSA) is 70.8 Å². The molecule has 1 saturated carbocycles. The van der Waals surface area contributed by atoms with Crippen molar-refractivity contribution in [3.05, 3.63) is 33.9 Å². The van der Waals surface area contributed by atoms with E-state index < -0.39 is 43.9 Å². The molecule has 0 unspecified atom stereocenters. The van der Waals surface area contributed by atoms with Crippen LogP contribution in [0.4, 0.5) is 5.69 Å². The van der Waals surface area contributed by atoms with Gasteiger partial charge >= 0.3 is 6.72 Å². The number of nitrogens with zero attached hydrogens (tertiary/aromatic N) is 1. The normalized spacial score (nSPS) is 29.6. The molecule has 1 aromatic rings. The van der Waals surface area contributed by atoms with Crippen molar-refractivity contribution in [2.75, 3.05) is 14.2 Å². The van der Waals surface area contributed by atoms with Gasteiger partial charge in [0.15, 0.2) is 0 Å². The highest BCUT2D eigenvalue weighted by atomic mass is 35.5. The Balaban J connectivity index is 0.000000308. The summed E-state index contributed by atoms with van der Waals surface area (Å²) in [5, 5.41) is 8.01. The third kappa shape index (κ3) is 7.38. The van der Waals surface area contributed by atoms with Crippen molar-refractivity contribution in [3.63, 3.8) is 0 Å². The van der Waals surface area contributed by atoms with Crippen LogP contribution < -0.4 is 4.52 Å². The van der Waals surface area contributed by atoms with E-state index in [4.69, 9.17) is 95.0 Å². The molecular weight excluding hydrogens is 550 g/mol. The summed E-state index contributed by atoms with van der Waals surface area (Å²) in [7, 11) is 2.78. The standard InChI is InChI=1S/C9H12NO5PS.C6H6Cl6/c1-7-6-8(4-5-9(7)10(11)12)15-16(17,13-2)14-3;7-1-2(8)4(10)6(12)5(11)3(1)9/h4-6H,1-3H3;1-6H. The lowest BCUT2D eigenvalue weighted by Crippen LogP contribution is -2.52. The number of alkyl halides is 6. The zero-order valence-corrected chi connectivity index (χ0v) is 21.6. The second kappa shape index (κ2) is 12.1. The SMILES string of the molecule is COP(=S)(OC)Oc1ccc([N+](=O)[O-])c(C)c1.ClC1C(Cl)C(Cl)C(Cl)C(Cl)C1Cl. The molecule has 0 aromatic heterocycles. The van der Waals surface area contributed by atoms with Gasteiger partial charge in [-0.25, -0.2) is 0 Å². The lowest BCUT2D eigenvalue weighted by atomic mass is 9.97. The van der Waals surface area contributed by atoms with E-state index in [9.17, 15) is 10.1 Å². The van der Waals surface area contributed by atoms with Gasteiger partial charge in [-0.3, -0.25) is 10.1 Å². The van der Waals surface area contributed by atoms with Crippen molar-refractivity contribution in [1.82, 2.24) is 0 Å². The molecule has 0 heterocycles. The highest BCUT2D eigenvalue weighted by molar-refractivity contribution is 8.07. The van der Waals surface area contributed by atoms with Crippen LogP contribution in [0, 0.1) is 17.0 Å². The van der Waals surface area contributed by atoms with Crippen molar-refractivity contribution in [3.8, 4) is 5.75 Å². The van der Waals surface area contributed by atoms with Crippen LogP contribution in [-0.2, 0) is 20.9 Å². The zero-order chi connectivity index (χ0) is 22.5. The van der Waals surface area contributed by atoms with Crippen LogP contribution in [0.2, 0.25) is 0 Å². The summed E-state index contributed by atoms with van der Waals surface area (Å²) in [4.78, 5) is 10.2. The summed E-state index contributed by atoms with van der Waals surface area (Å²) in [5.74, 6) is 0.389. The van der Waals surface area contributed by atoms with E-state index >= 15 is 0 Å². The molecule has 0 bridgehead atoms. The fourth-order valence-electron chi connectivity index (χ4n) is 2.22. The fraction of sp³-hybridized carbons (Fsp3) is 0.600. The minimum atomic E-state index is -2.80. The number of nitro benzene ring substituents is 1. The van der Waals surface area contributed by atoms with Crippen LogP contribution >= 0.6 is 76.3 Å². The molecule has 0 atom stereocenters. The Bertz CT molecular complexity index is 695. The van der Waals surface area contributed by atoms with Crippen molar-refractivity contribution in [2.24, 2.45) is 0 Å². The number of hydrogen-bond acceptors (Lipinski definition) is 6. The molecule has 166 valence electrons. The lowest BCUT2D eigenvalue weighted by molar-refractivity contribution is -0.385. The molecule has 0 aliphatic heterocycles. The number of halogens is 6. The van der Waals surface area contributed by atoms with Crippen LogP contribution in [0.15, 0.2) is 18.2 Å². The molecule has 1 aromatic carbocycles. The second-order valence-electron chi connectivity index (χ2n) is 5.78. The molecule has 0 radical (unpaired) electrons. The summed E-state index contributed by atoms with van der Waals surface area (Å²) in [5.41, 5.74) is 0.516. The molecule has 29 heavy (non-hydrogen) atoms. The van der Waals surface area contributed by atoms with Gasteiger partial charge in [-0.1, -0.05) is 0 Å². The largest absolute Gasteiger partial charge is 0.424 e. The van der Waals surface area contributed by atoms with Gasteiger partial charge in [-0.15, -0.1) is 69.6 Å². The molecule has 0 spiro atoms. The van der Waals surface area contributed by atoms with E-state index in [0.717, 1.165) is 0 Å². The average molecular weight is 568 g/mol. The van der Waals surface area contributed by atoms with E-state index in [2.05, 4.69) is 0 Å². The van der Waals surface area contributed by atoms with Gasteiger partial charge < -0.3 is 13.6 Å². The highest BCUT2D eigenvalue weighted by Gasteiger charge is 2.46. The smallest absolute Gasteiger partial charge is 0.380 e. The Labute approximate surface area is 204 Å². The monoisotopic (exact) mass is 565 g/mol. The first-order chi connectivity index (χ1) is 13.4. The fourth-order valence-corrected chi connectivity index (χ4v) is 5.48. The predicted octanol–water partition coefficient (Wildman–Crippen LogP) is 6.44. The minimum absolute atomic E-state index is 0.0282. The average Bonchev–Trinajstić information content (AvgIpc) is 2.69. The van der Waals surface area contributed by atoms with Gasteiger partial charge in [0.2, 0.25) is 0 Å². The highest BCUT2D eigenvalue weighted by Crippen LogP contribution is 2.48. The Morgan fingerprint density at radius 1 is 0.931 bits per heavy atom. The van der Waals surface area contributed by atoms with Crippen molar-refractivity contribution < 1.29 is 18.5 Å². The first-order valence-corrected chi connectivity index (χ1v) is 13.1. The summed E-state index contributed by atoms with van der Waals surface area (Å²) in [6, 6.07) is 4.34. The quantitative estimate of drug-likeness (QED) is 0.176. The van der Waals surface area contributed by atoms with Crippen LogP contribution in [0.25, 0.3) is 0 Å². The Kier molecular flexibility index (Phi) is 11.6. The number of rotatable bonds is 5. The van der Waals surface area contributed by atoms with Crippen molar-refractivity contribution in [2.45, 2.75) is 39.2 Å². The predicted molar refractivity (Wildman–Crippen MR) is 125 cm³/mol. The van der Waals surface area contributed by atoms with Crippen molar-refractivity contribution in [1.29, 1.82) is 0 Å². The summed E-state index contributed by atoms with van der Waals surface area (Å²) in [6.07, 6.45) is 0. The van der Waals surface area contributed by atoms with Crippen LogP contribution in [0.3, 0.4) is 0 Å². The molecule has 2 rings (SSSR count). The number of nitro groups is 1. The second-order valence-corrected chi connectivity index (χ2v) is 11.9. The van der Waals surface area contributed by atoms with E-state index in [1.807, 2.05) is 0 Å². The van der Waals surface area contributed by atoms with Gasteiger partial charge in [0.25, 0.3) is 5.69 Å². The molecule has 14 heteroatoms. The summed E-state index contributed by atoms with van der Waals surface area (Å²) in [6.45, 7) is -1.18. The number of hydrogen-bond donors (Lipinski definition) is 0. The van der Waals surface area contributed by atoms with Gasteiger partial charge in [-0.2, -0.15) is 0 Å². The maximum absolute atomic E-state index is 10.6. The van der Waals surface area contributed by atoms with Crippen molar-refractivity contribution >= 4 is 93.8 Å². The molecule has 1 aliphatic rings. The van der Waals surface area contributed by atoms with Gasteiger partial charge in [0.05, 0.1) is 37.2 Å². The maximum atomic E-state index is 10.6. The van der Waals surface area contributed by atoms with E-state index in [-0.39, 0.29) is 5.69 Å². The molecular formula is C15H18Cl6NO5PS. The first-order valence-electron chi connectivity index (χ1n) is 7.89. The molecule has 6 nitrogen and oxygen atoms in total. The molecule has 0 amide bonds. The molecule has 1 aliphatic carbocycles. The number of aryl methyl sites for hydroxylation is 1. The van der Waals surface area contributed by atoms with Gasteiger partial charge in [0.1, 0.15) is 5.75 Å². The Morgan fingerprint density at radius 3 is 1.59 bits per heavy atom. The van der Waals surface area contributed by atoms with Gasteiger partial charge in [0, 0.05) is 37.7 Å². The van der Waals surface area contributed by atoms with E-state index in [1.165, 1.54) is 32.4 Å². The molecule has 0 saturated heterocycles. The lowest BCUT2D eigenvalue weighted by Gasteiger charge is -2.37.